The van der Waals surface area contributed by atoms with E-state index in [-0.39, 0.29) is 5.91 Å². The maximum absolute atomic E-state index is 12.5. The highest BCUT2D eigenvalue weighted by atomic mass is 16.2. The van der Waals surface area contributed by atoms with Gasteiger partial charge in [-0.15, -0.1) is 0 Å². The van der Waals surface area contributed by atoms with Gasteiger partial charge in [0.25, 0.3) is 0 Å². The number of nitrogens with zero attached hydrogens (tertiary/aromatic N) is 4. The molecule has 27 heavy (non-hydrogen) atoms. The molecule has 1 aliphatic heterocycles. The van der Waals surface area contributed by atoms with Crippen LogP contribution in [0.15, 0.2) is 18.2 Å². The first-order valence-electron chi connectivity index (χ1n) is 9.49. The summed E-state index contributed by atoms with van der Waals surface area (Å²) in [4.78, 5) is 26.0. The van der Waals surface area contributed by atoms with Gasteiger partial charge in [0.2, 0.25) is 11.9 Å². The van der Waals surface area contributed by atoms with Crippen molar-refractivity contribution >= 4 is 17.5 Å². The molecule has 3 rings (SSSR count). The Kier molecular flexibility index (Phi) is 5.75. The fourth-order valence-corrected chi connectivity index (χ4v) is 3.71. The topological polar surface area (TPSA) is 61.4 Å². The van der Waals surface area contributed by atoms with Crippen LogP contribution in [0.25, 0.3) is 0 Å². The van der Waals surface area contributed by atoms with Crippen molar-refractivity contribution in [3.05, 3.63) is 46.3 Å². The molecule has 1 amide bonds. The molecule has 0 aliphatic carbocycles. The monoisotopic (exact) mass is 367 g/mol. The van der Waals surface area contributed by atoms with Crippen LogP contribution in [0, 0.1) is 34.6 Å². The van der Waals surface area contributed by atoms with E-state index < -0.39 is 0 Å². The standard InChI is InChI=1S/C21H29N5O/c1-14-10-15(2)20(16(3)11-14)24-19(27)13-25-6-8-26(9-7-25)21-22-17(4)12-18(5)23-21/h10-12H,6-9,13H2,1-5H3,(H,24,27). The van der Waals surface area contributed by atoms with Gasteiger partial charge in [0.1, 0.15) is 0 Å². The lowest BCUT2D eigenvalue weighted by molar-refractivity contribution is -0.117. The van der Waals surface area contributed by atoms with Crippen LogP contribution in [0.4, 0.5) is 11.6 Å². The van der Waals surface area contributed by atoms with Gasteiger partial charge in [-0.2, -0.15) is 0 Å². The summed E-state index contributed by atoms with van der Waals surface area (Å²) in [5.41, 5.74) is 6.35. The number of benzene rings is 1. The van der Waals surface area contributed by atoms with Gasteiger partial charge < -0.3 is 10.2 Å². The molecule has 1 aromatic heterocycles. The lowest BCUT2D eigenvalue weighted by Crippen LogP contribution is -2.49. The molecule has 0 radical (unpaired) electrons. The maximum Gasteiger partial charge on any atom is 0.238 e. The third-order valence-electron chi connectivity index (χ3n) is 4.93. The third kappa shape index (κ3) is 4.83. The minimum absolute atomic E-state index is 0.0427. The van der Waals surface area contributed by atoms with E-state index in [1.165, 1.54) is 5.56 Å². The minimum atomic E-state index is 0.0427. The van der Waals surface area contributed by atoms with Crippen LogP contribution in [0.5, 0.6) is 0 Å². The number of piperazine rings is 1. The smallest absolute Gasteiger partial charge is 0.238 e. The zero-order chi connectivity index (χ0) is 19.6. The Morgan fingerprint density at radius 3 is 2.04 bits per heavy atom. The molecule has 144 valence electrons. The average molecular weight is 367 g/mol. The highest BCUT2D eigenvalue weighted by Gasteiger charge is 2.21. The normalized spacial score (nSPS) is 15.1. The molecule has 1 N–H and O–H groups in total. The number of hydrogen-bond acceptors (Lipinski definition) is 5. The molecule has 0 bridgehead atoms. The molecule has 6 heteroatoms. The first-order valence-corrected chi connectivity index (χ1v) is 9.49. The molecule has 0 saturated carbocycles. The predicted octanol–water partition coefficient (Wildman–Crippen LogP) is 2.78. The van der Waals surface area contributed by atoms with Gasteiger partial charge in [0.05, 0.1) is 6.54 Å². The predicted molar refractivity (Wildman–Crippen MR) is 109 cm³/mol. The molecule has 1 fully saturated rings. The molecule has 1 aliphatic rings. The van der Waals surface area contributed by atoms with E-state index in [0.717, 1.165) is 60.3 Å². The summed E-state index contributed by atoms with van der Waals surface area (Å²) in [5.74, 6) is 0.837. The first-order chi connectivity index (χ1) is 12.8. The van der Waals surface area contributed by atoms with Crippen LogP contribution in [0.2, 0.25) is 0 Å². The van der Waals surface area contributed by atoms with E-state index in [2.05, 4.69) is 44.1 Å². The van der Waals surface area contributed by atoms with Crippen molar-refractivity contribution in [3.8, 4) is 0 Å². The lowest BCUT2D eigenvalue weighted by atomic mass is 10.1. The van der Waals surface area contributed by atoms with Crippen molar-refractivity contribution in [1.29, 1.82) is 0 Å². The highest BCUT2D eigenvalue weighted by Crippen LogP contribution is 2.22. The summed E-state index contributed by atoms with van der Waals surface area (Å²) >= 11 is 0. The number of amides is 1. The van der Waals surface area contributed by atoms with Crippen molar-refractivity contribution in [2.24, 2.45) is 0 Å². The van der Waals surface area contributed by atoms with Gasteiger partial charge in [-0.25, -0.2) is 9.97 Å². The largest absolute Gasteiger partial charge is 0.338 e. The van der Waals surface area contributed by atoms with Crippen LogP contribution < -0.4 is 10.2 Å². The second kappa shape index (κ2) is 8.05. The van der Waals surface area contributed by atoms with Crippen LogP contribution in [0.1, 0.15) is 28.1 Å². The van der Waals surface area contributed by atoms with Crippen molar-refractivity contribution < 1.29 is 4.79 Å². The van der Waals surface area contributed by atoms with E-state index in [1.54, 1.807) is 0 Å². The number of rotatable bonds is 4. The summed E-state index contributed by atoms with van der Waals surface area (Å²) in [6.45, 7) is 13.9. The quantitative estimate of drug-likeness (QED) is 0.900. The van der Waals surface area contributed by atoms with Gasteiger partial charge in [0, 0.05) is 43.3 Å². The van der Waals surface area contributed by atoms with E-state index in [9.17, 15) is 4.79 Å². The number of carbonyl (C=O) groups excluding carboxylic acids is 1. The number of hydrogen-bond donors (Lipinski definition) is 1. The molecule has 1 saturated heterocycles. The molecular formula is C21H29N5O. The fraction of sp³-hybridized carbons (Fsp3) is 0.476. The van der Waals surface area contributed by atoms with Crippen molar-refractivity contribution in [2.75, 3.05) is 42.9 Å². The Hall–Kier alpha value is -2.47. The first kappa shape index (κ1) is 19.3. The lowest BCUT2D eigenvalue weighted by Gasteiger charge is -2.34. The van der Waals surface area contributed by atoms with Crippen molar-refractivity contribution in [1.82, 2.24) is 14.9 Å². The van der Waals surface area contributed by atoms with E-state index in [1.807, 2.05) is 33.8 Å². The SMILES string of the molecule is Cc1cc(C)c(NC(=O)CN2CCN(c3nc(C)cc(C)n3)CC2)c(C)c1. The minimum Gasteiger partial charge on any atom is -0.338 e. The summed E-state index contributed by atoms with van der Waals surface area (Å²) in [5, 5.41) is 3.09. The third-order valence-corrected chi connectivity index (χ3v) is 4.93. The second-order valence-electron chi connectivity index (χ2n) is 7.54. The van der Waals surface area contributed by atoms with Crippen molar-refractivity contribution in [2.45, 2.75) is 34.6 Å². The van der Waals surface area contributed by atoms with Crippen LogP contribution in [-0.2, 0) is 4.79 Å². The zero-order valence-electron chi connectivity index (χ0n) is 17.0. The highest BCUT2D eigenvalue weighted by molar-refractivity contribution is 5.93. The number of nitrogens with one attached hydrogen (secondary N) is 1. The second-order valence-corrected chi connectivity index (χ2v) is 7.54. The molecule has 2 heterocycles. The van der Waals surface area contributed by atoms with Gasteiger partial charge in [-0.05, 0) is 51.8 Å². The number of carbonyl (C=O) groups is 1. The zero-order valence-corrected chi connectivity index (χ0v) is 17.0. The van der Waals surface area contributed by atoms with Crippen LogP contribution in [0.3, 0.4) is 0 Å². The van der Waals surface area contributed by atoms with E-state index in [4.69, 9.17) is 0 Å². The number of aryl methyl sites for hydroxylation is 5. The molecule has 6 nitrogen and oxygen atoms in total. The Labute approximate surface area is 161 Å². The maximum atomic E-state index is 12.5. The summed E-state index contributed by atoms with van der Waals surface area (Å²) in [6, 6.07) is 6.19. The van der Waals surface area contributed by atoms with Gasteiger partial charge in [0.15, 0.2) is 0 Å². The molecule has 0 unspecified atom stereocenters. The summed E-state index contributed by atoms with van der Waals surface area (Å²) in [7, 11) is 0. The molecule has 0 atom stereocenters. The molecule has 1 aromatic carbocycles. The summed E-state index contributed by atoms with van der Waals surface area (Å²) < 4.78 is 0. The Bertz CT molecular complexity index is 797. The van der Waals surface area contributed by atoms with Gasteiger partial charge in [-0.3, -0.25) is 9.69 Å². The summed E-state index contributed by atoms with van der Waals surface area (Å²) in [6.07, 6.45) is 0. The van der Waals surface area contributed by atoms with E-state index >= 15 is 0 Å². The molecule has 2 aromatic rings. The van der Waals surface area contributed by atoms with Gasteiger partial charge >= 0.3 is 0 Å². The van der Waals surface area contributed by atoms with Gasteiger partial charge in [-0.1, -0.05) is 17.7 Å². The van der Waals surface area contributed by atoms with E-state index in [0.29, 0.717) is 6.54 Å². The molecule has 0 spiro atoms. The van der Waals surface area contributed by atoms with Crippen LogP contribution in [-0.4, -0.2) is 53.5 Å². The molecular weight excluding hydrogens is 338 g/mol. The Morgan fingerprint density at radius 1 is 0.926 bits per heavy atom. The fourth-order valence-electron chi connectivity index (χ4n) is 3.71. The number of aromatic nitrogens is 2. The van der Waals surface area contributed by atoms with Crippen LogP contribution >= 0.6 is 0 Å². The Morgan fingerprint density at radius 2 is 1.48 bits per heavy atom. The number of anilines is 2. The Balaban J connectivity index is 1.55. The van der Waals surface area contributed by atoms with Crippen molar-refractivity contribution in [3.63, 3.8) is 0 Å². The average Bonchev–Trinajstić information content (AvgIpc) is 2.58.